The first kappa shape index (κ1) is 26.2. The molecule has 2 atom stereocenters. The minimum absolute atomic E-state index is 0.109. The number of benzene rings is 2. The first-order valence-electron chi connectivity index (χ1n) is 12.4. The molecular weight excluding hydrogens is 469 g/mol. The van der Waals surface area contributed by atoms with E-state index in [2.05, 4.69) is 26.9 Å². The number of hydrogen-bond donors (Lipinski definition) is 1. The summed E-state index contributed by atoms with van der Waals surface area (Å²) in [7, 11) is 0. The quantitative estimate of drug-likeness (QED) is 0.352. The Morgan fingerprint density at radius 1 is 1.03 bits per heavy atom. The van der Waals surface area contributed by atoms with Crippen molar-refractivity contribution in [2.24, 2.45) is 11.1 Å². The van der Waals surface area contributed by atoms with Gasteiger partial charge >= 0.3 is 0 Å². The molecule has 0 radical (unpaired) electrons. The van der Waals surface area contributed by atoms with Crippen molar-refractivity contribution in [3.8, 4) is 11.3 Å². The SMILES string of the molecule is CC(C)(C)C(c1nc(-c2ccccc2)cn1Cc1ccccc1)N(CC(F)CN)C(=O)Cn1nccn1. The largest absolute Gasteiger partial charge is 0.328 e. The second-order valence-corrected chi connectivity index (χ2v) is 10.2. The summed E-state index contributed by atoms with van der Waals surface area (Å²) in [6, 6.07) is 19.4. The number of rotatable bonds is 10. The predicted octanol–water partition coefficient (Wildman–Crippen LogP) is 4.10. The molecule has 4 aromatic rings. The molecular formula is C28H34FN7O. The lowest BCUT2D eigenvalue weighted by atomic mass is 9.84. The number of amides is 1. The van der Waals surface area contributed by atoms with Gasteiger partial charge in [0.1, 0.15) is 18.5 Å². The first-order valence-corrected chi connectivity index (χ1v) is 12.4. The van der Waals surface area contributed by atoms with E-state index in [-0.39, 0.29) is 25.5 Å². The molecule has 4 rings (SSSR count). The molecule has 2 unspecified atom stereocenters. The lowest BCUT2D eigenvalue weighted by Crippen LogP contribution is -2.47. The Balaban J connectivity index is 1.83. The van der Waals surface area contributed by atoms with Gasteiger partial charge in [0.2, 0.25) is 5.91 Å². The standard InChI is InChI=1S/C28H34FN7O/c1-28(2,3)26(35(18-23(29)16-30)25(37)20-36-31-14-15-32-36)27-33-24(22-12-8-5-9-13-22)19-34(27)17-21-10-6-4-7-11-21/h4-15,19,23,26H,16-18,20,30H2,1-3H3. The molecule has 9 heteroatoms. The zero-order valence-electron chi connectivity index (χ0n) is 21.5. The highest BCUT2D eigenvalue weighted by molar-refractivity contribution is 5.76. The van der Waals surface area contributed by atoms with Crippen LogP contribution in [0, 0.1) is 5.41 Å². The van der Waals surface area contributed by atoms with Gasteiger partial charge in [-0.25, -0.2) is 9.37 Å². The summed E-state index contributed by atoms with van der Waals surface area (Å²) < 4.78 is 16.9. The Bertz CT molecular complexity index is 1270. The van der Waals surface area contributed by atoms with Crippen LogP contribution in [-0.4, -0.2) is 54.6 Å². The summed E-state index contributed by atoms with van der Waals surface area (Å²) in [5, 5.41) is 8.14. The smallest absolute Gasteiger partial charge is 0.246 e. The molecule has 0 aliphatic carbocycles. The molecule has 2 N–H and O–H groups in total. The number of nitrogens with two attached hydrogens (primary N) is 1. The lowest BCUT2D eigenvalue weighted by molar-refractivity contribution is -0.138. The van der Waals surface area contributed by atoms with Crippen molar-refractivity contribution in [1.29, 1.82) is 0 Å². The van der Waals surface area contributed by atoms with E-state index in [1.165, 1.54) is 17.2 Å². The summed E-state index contributed by atoms with van der Waals surface area (Å²) >= 11 is 0. The van der Waals surface area contributed by atoms with Gasteiger partial charge in [0.05, 0.1) is 30.7 Å². The van der Waals surface area contributed by atoms with Crippen molar-refractivity contribution in [3.63, 3.8) is 0 Å². The van der Waals surface area contributed by atoms with Gasteiger partial charge in [-0.2, -0.15) is 15.0 Å². The maximum Gasteiger partial charge on any atom is 0.246 e. The fraction of sp³-hybridized carbons (Fsp3) is 0.357. The molecule has 0 saturated carbocycles. The predicted molar refractivity (Wildman–Crippen MR) is 141 cm³/mol. The molecule has 2 aromatic heterocycles. The summed E-state index contributed by atoms with van der Waals surface area (Å²) in [5.74, 6) is 0.379. The fourth-order valence-corrected chi connectivity index (χ4v) is 4.47. The maximum atomic E-state index is 14.8. The van der Waals surface area contributed by atoms with Crippen LogP contribution in [0.3, 0.4) is 0 Å². The van der Waals surface area contributed by atoms with Gasteiger partial charge in [0.25, 0.3) is 0 Å². The normalized spacial score (nSPS) is 13.3. The molecule has 0 aliphatic rings. The Hall–Kier alpha value is -3.85. The molecule has 0 aliphatic heterocycles. The number of alkyl halides is 1. The van der Waals surface area contributed by atoms with Gasteiger partial charge < -0.3 is 15.2 Å². The number of hydrogen-bond acceptors (Lipinski definition) is 5. The number of imidazole rings is 1. The Morgan fingerprint density at radius 2 is 1.65 bits per heavy atom. The fourth-order valence-electron chi connectivity index (χ4n) is 4.47. The van der Waals surface area contributed by atoms with Crippen molar-refractivity contribution in [2.75, 3.05) is 13.1 Å². The molecule has 194 valence electrons. The van der Waals surface area contributed by atoms with Crippen molar-refractivity contribution >= 4 is 5.91 Å². The molecule has 0 saturated heterocycles. The topological polar surface area (TPSA) is 94.9 Å². The summed E-state index contributed by atoms with van der Waals surface area (Å²) in [5.41, 5.74) is 8.03. The van der Waals surface area contributed by atoms with Gasteiger partial charge in [0.15, 0.2) is 0 Å². The van der Waals surface area contributed by atoms with Crippen LogP contribution >= 0.6 is 0 Å². The van der Waals surface area contributed by atoms with Gasteiger partial charge in [-0.3, -0.25) is 4.79 Å². The monoisotopic (exact) mass is 503 g/mol. The molecule has 2 aromatic carbocycles. The van der Waals surface area contributed by atoms with Crippen molar-refractivity contribution in [2.45, 2.75) is 46.1 Å². The van der Waals surface area contributed by atoms with Crippen LogP contribution in [0.1, 0.15) is 38.2 Å². The highest BCUT2D eigenvalue weighted by Gasteiger charge is 2.39. The molecule has 2 heterocycles. The van der Waals surface area contributed by atoms with Gasteiger partial charge in [-0.15, -0.1) is 0 Å². The van der Waals surface area contributed by atoms with E-state index < -0.39 is 17.6 Å². The van der Waals surface area contributed by atoms with Crippen LogP contribution < -0.4 is 5.73 Å². The van der Waals surface area contributed by atoms with Gasteiger partial charge in [0, 0.05) is 24.8 Å². The first-order chi connectivity index (χ1) is 17.8. The molecule has 0 spiro atoms. The summed E-state index contributed by atoms with van der Waals surface area (Å²) in [4.78, 5) is 21.6. The Morgan fingerprint density at radius 3 is 2.24 bits per heavy atom. The van der Waals surface area contributed by atoms with E-state index in [1.807, 2.05) is 75.5 Å². The molecule has 8 nitrogen and oxygen atoms in total. The molecule has 0 fully saturated rings. The van der Waals surface area contributed by atoms with Crippen LogP contribution in [-0.2, 0) is 17.9 Å². The third-order valence-corrected chi connectivity index (χ3v) is 6.16. The Kier molecular flexibility index (Phi) is 8.13. The second kappa shape index (κ2) is 11.5. The van der Waals surface area contributed by atoms with E-state index in [1.54, 1.807) is 4.90 Å². The summed E-state index contributed by atoms with van der Waals surface area (Å²) in [6.45, 7) is 6.20. The van der Waals surface area contributed by atoms with E-state index in [0.717, 1.165) is 16.8 Å². The molecule has 0 bridgehead atoms. The minimum Gasteiger partial charge on any atom is -0.328 e. The van der Waals surface area contributed by atoms with Crippen molar-refractivity contribution < 1.29 is 9.18 Å². The highest BCUT2D eigenvalue weighted by Crippen LogP contribution is 2.39. The average Bonchev–Trinajstić information content (AvgIpc) is 3.54. The molecule has 37 heavy (non-hydrogen) atoms. The minimum atomic E-state index is -1.38. The number of nitrogens with zero attached hydrogens (tertiary/aromatic N) is 6. The van der Waals surface area contributed by atoms with Crippen LogP contribution in [0.25, 0.3) is 11.3 Å². The molecule has 1 amide bonds. The highest BCUT2D eigenvalue weighted by atomic mass is 19.1. The van der Waals surface area contributed by atoms with Crippen LogP contribution in [0.4, 0.5) is 4.39 Å². The van der Waals surface area contributed by atoms with Crippen molar-refractivity contribution in [3.05, 3.63) is 90.6 Å². The Labute approximate surface area is 216 Å². The number of aromatic nitrogens is 5. The van der Waals surface area contributed by atoms with Crippen LogP contribution in [0.2, 0.25) is 0 Å². The zero-order valence-corrected chi connectivity index (χ0v) is 21.5. The number of carbonyl (C=O) groups excluding carboxylic acids is 1. The van der Waals surface area contributed by atoms with Crippen LogP contribution in [0.5, 0.6) is 0 Å². The van der Waals surface area contributed by atoms with Crippen molar-refractivity contribution in [1.82, 2.24) is 29.4 Å². The maximum absolute atomic E-state index is 14.8. The zero-order chi connectivity index (χ0) is 26.4. The van der Waals surface area contributed by atoms with Gasteiger partial charge in [-0.1, -0.05) is 81.4 Å². The van der Waals surface area contributed by atoms with E-state index in [0.29, 0.717) is 12.4 Å². The van der Waals surface area contributed by atoms with E-state index >= 15 is 0 Å². The average molecular weight is 504 g/mol. The third-order valence-electron chi connectivity index (χ3n) is 6.16. The third kappa shape index (κ3) is 6.48. The van der Waals surface area contributed by atoms with E-state index in [9.17, 15) is 9.18 Å². The lowest BCUT2D eigenvalue weighted by Gasteiger charge is -2.40. The van der Waals surface area contributed by atoms with E-state index in [4.69, 9.17) is 10.7 Å². The number of halogens is 1. The van der Waals surface area contributed by atoms with Gasteiger partial charge in [-0.05, 0) is 11.0 Å². The summed E-state index contributed by atoms with van der Waals surface area (Å²) in [6.07, 6.45) is 3.64. The number of carbonyl (C=O) groups is 1. The van der Waals surface area contributed by atoms with Crippen LogP contribution in [0.15, 0.2) is 79.3 Å². The second-order valence-electron chi connectivity index (χ2n) is 10.2.